The zero-order valence-corrected chi connectivity index (χ0v) is 17.1. The van der Waals surface area contributed by atoms with E-state index in [1.807, 2.05) is 0 Å². The largest absolute Gasteiger partial charge is 0.493 e. The zero-order valence-electron chi connectivity index (χ0n) is 16.4. The number of halogens is 1. The third kappa shape index (κ3) is 5.92. The molecule has 10 nitrogen and oxygen atoms in total. The number of nitro groups is 1. The molecule has 11 heteroatoms. The molecule has 2 aromatic rings. The molecule has 0 bridgehead atoms. The first-order valence-corrected chi connectivity index (χ1v) is 8.92. The van der Waals surface area contributed by atoms with Crippen molar-refractivity contribution in [2.24, 2.45) is 5.10 Å². The lowest BCUT2D eigenvalue weighted by atomic mass is 10.2. The molecule has 0 aromatic heterocycles. The minimum Gasteiger partial charge on any atom is -0.493 e. The van der Waals surface area contributed by atoms with Crippen molar-refractivity contribution < 1.29 is 24.0 Å². The molecule has 30 heavy (non-hydrogen) atoms. The van der Waals surface area contributed by atoms with E-state index in [9.17, 15) is 19.7 Å². The third-order valence-corrected chi connectivity index (χ3v) is 4.17. The van der Waals surface area contributed by atoms with Crippen LogP contribution in [0.3, 0.4) is 0 Å². The van der Waals surface area contributed by atoms with E-state index >= 15 is 0 Å². The fraction of sp³-hybridized carbons (Fsp3) is 0.211. The van der Waals surface area contributed by atoms with Crippen LogP contribution < -0.4 is 20.2 Å². The Hall–Kier alpha value is -3.66. The Labute approximate surface area is 177 Å². The van der Waals surface area contributed by atoms with Crippen LogP contribution in [0.15, 0.2) is 41.5 Å². The van der Waals surface area contributed by atoms with Gasteiger partial charge in [0.25, 0.3) is 11.6 Å². The van der Waals surface area contributed by atoms with Crippen LogP contribution in [-0.2, 0) is 4.79 Å². The first-order valence-electron chi connectivity index (χ1n) is 8.54. The van der Waals surface area contributed by atoms with Gasteiger partial charge in [-0.15, -0.1) is 0 Å². The molecule has 0 unspecified atom stereocenters. The van der Waals surface area contributed by atoms with Gasteiger partial charge in [-0.2, -0.15) is 5.10 Å². The summed E-state index contributed by atoms with van der Waals surface area (Å²) >= 11 is 5.95. The molecule has 2 N–H and O–H groups in total. The molecule has 0 heterocycles. The van der Waals surface area contributed by atoms with Gasteiger partial charge >= 0.3 is 0 Å². The number of rotatable bonds is 8. The number of anilines is 1. The number of hydrogen-bond acceptors (Lipinski definition) is 7. The van der Waals surface area contributed by atoms with E-state index < -0.39 is 16.7 Å². The molecule has 0 saturated heterocycles. The minimum atomic E-state index is -0.595. The monoisotopic (exact) mass is 434 g/mol. The number of amides is 2. The van der Waals surface area contributed by atoms with E-state index in [1.165, 1.54) is 32.4 Å². The first-order chi connectivity index (χ1) is 14.2. The number of carbonyl (C=O) groups is 2. The lowest BCUT2D eigenvalue weighted by molar-refractivity contribution is -0.384. The highest BCUT2D eigenvalue weighted by Gasteiger charge is 2.14. The number of hydrazone groups is 1. The van der Waals surface area contributed by atoms with Crippen molar-refractivity contribution in [1.29, 1.82) is 0 Å². The Morgan fingerprint density at radius 2 is 1.83 bits per heavy atom. The smallest absolute Gasteiger partial charge is 0.271 e. The lowest BCUT2D eigenvalue weighted by Gasteiger charge is -2.09. The number of hydrogen-bond donors (Lipinski definition) is 2. The SMILES string of the molecule is COc1ccc(C(=O)N/N=C(/C)CC(=O)Nc2cc([N+](=O)[O-])ccc2Cl)cc1OC. The highest BCUT2D eigenvalue weighted by Crippen LogP contribution is 2.28. The third-order valence-electron chi connectivity index (χ3n) is 3.85. The van der Waals surface area contributed by atoms with Crippen LogP contribution in [0.5, 0.6) is 11.5 Å². The van der Waals surface area contributed by atoms with Crippen LogP contribution in [0.4, 0.5) is 11.4 Å². The molecule has 2 rings (SSSR count). The summed E-state index contributed by atoms with van der Waals surface area (Å²) in [7, 11) is 2.94. The number of non-ortho nitro benzene ring substituents is 1. The van der Waals surface area contributed by atoms with Gasteiger partial charge in [0.05, 0.1) is 36.3 Å². The van der Waals surface area contributed by atoms with Crippen LogP contribution in [-0.4, -0.2) is 36.7 Å². The van der Waals surface area contributed by atoms with Crippen molar-refractivity contribution >= 4 is 40.5 Å². The molecular weight excluding hydrogens is 416 g/mol. The van der Waals surface area contributed by atoms with Gasteiger partial charge in [0, 0.05) is 23.4 Å². The fourth-order valence-corrected chi connectivity index (χ4v) is 2.54. The van der Waals surface area contributed by atoms with Crippen molar-refractivity contribution in [2.45, 2.75) is 13.3 Å². The molecule has 2 amide bonds. The van der Waals surface area contributed by atoms with E-state index in [-0.39, 0.29) is 28.4 Å². The maximum Gasteiger partial charge on any atom is 0.271 e. The fourth-order valence-electron chi connectivity index (χ4n) is 2.38. The van der Waals surface area contributed by atoms with E-state index in [2.05, 4.69) is 15.8 Å². The van der Waals surface area contributed by atoms with E-state index in [0.29, 0.717) is 17.2 Å². The molecule has 0 fully saturated rings. The molecule has 2 aromatic carbocycles. The average molecular weight is 435 g/mol. The number of carbonyl (C=O) groups excluding carboxylic acids is 2. The second kappa shape index (κ2) is 10.2. The van der Waals surface area contributed by atoms with Gasteiger partial charge in [0.1, 0.15) is 0 Å². The Kier molecular flexibility index (Phi) is 7.70. The number of nitrogens with zero attached hydrogens (tertiary/aromatic N) is 2. The summed E-state index contributed by atoms with van der Waals surface area (Å²) in [4.78, 5) is 34.7. The van der Waals surface area contributed by atoms with Gasteiger partial charge in [-0.1, -0.05) is 11.6 Å². The van der Waals surface area contributed by atoms with Crippen molar-refractivity contribution in [2.75, 3.05) is 19.5 Å². The highest BCUT2D eigenvalue weighted by atomic mass is 35.5. The van der Waals surface area contributed by atoms with Gasteiger partial charge in [-0.05, 0) is 31.2 Å². The standard InChI is InChI=1S/C19H19ClN4O6/c1-11(8-18(25)21-15-10-13(24(27)28)5-6-14(15)20)22-23-19(26)12-4-7-16(29-2)17(9-12)30-3/h4-7,9-10H,8H2,1-3H3,(H,21,25)(H,23,26)/b22-11-. The van der Waals surface area contributed by atoms with Crippen molar-refractivity contribution in [3.05, 3.63) is 57.1 Å². The van der Waals surface area contributed by atoms with E-state index in [4.69, 9.17) is 21.1 Å². The number of methoxy groups -OCH3 is 2. The van der Waals surface area contributed by atoms with Crippen molar-refractivity contribution in [3.63, 3.8) is 0 Å². The summed E-state index contributed by atoms with van der Waals surface area (Å²) in [6.45, 7) is 1.55. The van der Waals surface area contributed by atoms with Crippen molar-refractivity contribution in [1.82, 2.24) is 5.43 Å². The molecule has 0 aliphatic heterocycles. The summed E-state index contributed by atoms with van der Waals surface area (Å²) in [5, 5.41) is 17.4. The highest BCUT2D eigenvalue weighted by molar-refractivity contribution is 6.33. The molecule has 158 valence electrons. The predicted octanol–water partition coefficient (Wildman–Crippen LogP) is 3.40. The Morgan fingerprint density at radius 1 is 1.13 bits per heavy atom. The number of benzene rings is 2. The summed E-state index contributed by atoms with van der Waals surface area (Å²) in [5.41, 5.74) is 2.85. The molecule has 0 radical (unpaired) electrons. The predicted molar refractivity (Wildman–Crippen MR) is 111 cm³/mol. The Bertz CT molecular complexity index is 1010. The van der Waals surface area contributed by atoms with Gasteiger partial charge in [-0.3, -0.25) is 19.7 Å². The minimum absolute atomic E-state index is 0.109. The summed E-state index contributed by atoms with van der Waals surface area (Å²) in [6, 6.07) is 8.33. The second-order valence-corrected chi connectivity index (χ2v) is 6.41. The first kappa shape index (κ1) is 22.6. The van der Waals surface area contributed by atoms with Crippen LogP contribution in [0.25, 0.3) is 0 Å². The zero-order chi connectivity index (χ0) is 22.3. The lowest BCUT2D eigenvalue weighted by Crippen LogP contribution is -2.21. The maximum absolute atomic E-state index is 12.2. The van der Waals surface area contributed by atoms with Gasteiger partial charge in [0.15, 0.2) is 11.5 Å². The molecule has 0 saturated carbocycles. The quantitative estimate of drug-likeness (QED) is 0.371. The van der Waals surface area contributed by atoms with E-state index in [0.717, 1.165) is 6.07 Å². The summed E-state index contributed by atoms with van der Waals surface area (Å²) in [5.74, 6) is -0.138. The summed E-state index contributed by atoms with van der Waals surface area (Å²) in [6.07, 6.45) is -0.161. The molecule has 0 atom stereocenters. The van der Waals surface area contributed by atoms with Crippen LogP contribution in [0.1, 0.15) is 23.7 Å². The normalized spacial score (nSPS) is 10.9. The van der Waals surface area contributed by atoms with E-state index in [1.54, 1.807) is 19.1 Å². The Morgan fingerprint density at radius 3 is 2.47 bits per heavy atom. The van der Waals surface area contributed by atoms with Gasteiger partial charge in [-0.25, -0.2) is 5.43 Å². The van der Waals surface area contributed by atoms with Crippen molar-refractivity contribution in [3.8, 4) is 11.5 Å². The second-order valence-electron chi connectivity index (χ2n) is 6.00. The van der Waals surface area contributed by atoms with Crippen LogP contribution in [0.2, 0.25) is 5.02 Å². The summed E-state index contributed by atoms with van der Waals surface area (Å²) < 4.78 is 10.3. The van der Waals surface area contributed by atoms with Gasteiger partial charge in [0.2, 0.25) is 5.91 Å². The molecule has 0 aliphatic carbocycles. The number of nitro benzene ring substituents is 1. The number of nitrogens with one attached hydrogen (secondary N) is 2. The van der Waals surface area contributed by atoms with Gasteiger partial charge < -0.3 is 14.8 Å². The number of ether oxygens (including phenoxy) is 2. The molecular formula is C19H19ClN4O6. The topological polar surface area (TPSA) is 132 Å². The Balaban J connectivity index is 2.00. The average Bonchev–Trinajstić information content (AvgIpc) is 2.72. The molecule has 0 aliphatic rings. The van der Waals surface area contributed by atoms with Crippen LogP contribution in [0, 0.1) is 10.1 Å². The van der Waals surface area contributed by atoms with Crippen LogP contribution >= 0.6 is 11.6 Å². The molecule has 0 spiro atoms. The maximum atomic E-state index is 12.2.